The van der Waals surface area contributed by atoms with Crippen molar-refractivity contribution in [2.45, 2.75) is 12.6 Å². The third kappa shape index (κ3) is 3.55. The number of amides is 1. The number of nitrogens with two attached hydrogens (primary N) is 1. The average Bonchev–Trinajstić information content (AvgIpc) is 2.40. The molecular formula is C15H11ClF3NO. The lowest BCUT2D eigenvalue weighted by molar-refractivity contribution is -0.137. The second-order valence-corrected chi connectivity index (χ2v) is 4.89. The molecule has 6 heteroatoms. The van der Waals surface area contributed by atoms with E-state index in [4.69, 9.17) is 17.3 Å². The fraction of sp³-hybridized carbons (Fsp3) is 0.133. The van der Waals surface area contributed by atoms with Gasteiger partial charge in [0.2, 0.25) is 5.91 Å². The first-order valence-corrected chi connectivity index (χ1v) is 6.40. The summed E-state index contributed by atoms with van der Waals surface area (Å²) in [5.41, 5.74) is 5.98. The lowest BCUT2D eigenvalue weighted by Gasteiger charge is -2.09. The SMILES string of the molecule is NC(=O)c1cccc(Cc2ccc(C(F)(F)F)cc2)c1Cl. The van der Waals surface area contributed by atoms with Crippen molar-refractivity contribution in [2.24, 2.45) is 5.73 Å². The van der Waals surface area contributed by atoms with Crippen LogP contribution in [0.2, 0.25) is 5.02 Å². The Kier molecular flexibility index (Phi) is 4.23. The monoisotopic (exact) mass is 313 g/mol. The van der Waals surface area contributed by atoms with E-state index in [9.17, 15) is 18.0 Å². The molecular weight excluding hydrogens is 303 g/mol. The molecule has 0 aromatic heterocycles. The molecule has 0 fully saturated rings. The van der Waals surface area contributed by atoms with Gasteiger partial charge in [-0.15, -0.1) is 0 Å². The van der Waals surface area contributed by atoms with Crippen LogP contribution < -0.4 is 5.73 Å². The summed E-state index contributed by atoms with van der Waals surface area (Å²) in [6, 6.07) is 9.63. The highest BCUT2D eigenvalue weighted by Crippen LogP contribution is 2.30. The lowest BCUT2D eigenvalue weighted by atomic mass is 10.0. The van der Waals surface area contributed by atoms with Crippen LogP contribution in [0.25, 0.3) is 0 Å². The van der Waals surface area contributed by atoms with E-state index in [-0.39, 0.29) is 10.6 Å². The van der Waals surface area contributed by atoms with Crippen LogP contribution in [-0.4, -0.2) is 5.91 Å². The number of rotatable bonds is 3. The minimum atomic E-state index is -4.36. The maximum Gasteiger partial charge on any atom is 0.416 e. The first-order chi connectivity index (χ1) is 9.79. The summed E-state index contributed by atoms with van der Waals surface area (Å²) in [5.74, 6) is -0.644. The summed E-state index contributed by atoms with van der Waals surface area (Å²) < 4.78 is 37.4. The van der Waals surface area contributed by atoms with Gasteiger partial charge in [-0.2, -0.15) is 13.2 Å². The van der Waals surface area contributed by atoms with Crippen LogP contribution in [0, 0.1) is 0 Å². The molecule has 2 N–H and O–H groups in total. The van der Waals surface area contributed by atoms with E-state index in [0.717, 1.165) is 12.1 Å². The van der Waals surface area contributed by atoms with E-state index in [1.165, 1.54) is 18.2 Å². The van der Waals surface area contributed by atoms with Crippen LogP contribution in [0.5, 0.6) is 0 Å². The average molecular weight is 314 g/mol. The Morgan fingerprint density at radius 1 is 1.10 bits per heavy atom. The number of benzene rings is 2. The predicted molar refractivity (Wildman–Crippen MR) is 74.2 cm³/mol. The van der Waals surface area contributed by atoms with Gasteiger partial charge in [0.1, 0.15) is 0 Å². The molecule has 2 rings (SSSR count). The van der Waals surface area contributed by atoms with Crippen molar-refractivity contribution in [3.63, 3.8) is 0 Å². The van der Waals surface area contributed by atoms with Crippen LogP contribution in [0.15, 0.2) is 42.5 Å². The molecule has 110 valence electrons. The number of alkyl halides is 3. The van der Waals surface area contributed by atoms with E-state index in [1.54, 1.807) is 12.1 Å². The number of carbonyl (C=O) groups is 1. The summed E-state index contributed by atoms with van der Waals surface area (Å²) in [6.45, 7) is 0. The highest BCUT2D eigenvalue weighted by molar-refractivity contribution is 6.34. The van der Waals surface area contributed by atoms with Gasteiger partial charge in [-0.1, -0.05) is 35.9 Å². The first-order valence-electron chi connectivity index (χ1n) is 6.02. The number of carbonyl (C=O) groups excluding carboxylic acids is 1. The van der Waals surface area contributed by atoms with Gasteiger partial charge < -0.3 is 5.73 Å². The summed E-state index contributed by atoms with van der Waals surface area (Å²) in [7, 11) is 0. The molecule has 0 spiro atoms. The molecule has 2 aromatic rings. The van der Waals surface area contributed by atoms with Gasteiger partial charge in [-0.05, 0) is 35.7 Å². The molecule has 0 aliphatic heterocycles. The van der Waals surface area contributed by atoms with Crippen molar-refractivity contribution < 1.29 is 18.0 Å². The third-order valence-electron chi connectivity index (χ3n) is 3.02. The number of halogens is 4. The third-order valence-corrected chi connectivity index (χ3v) is 3.47. The summed E-state index contributed by atoms with van der Waals surface area (Å²) >= 11 is 6.08. The Morgan fingerprint density at radius 2 is 1.71 bits per heavy atom. The van der Waals surface area contributed by atoms with Crippen LogP contribution in [0.1, 0.15) is 27.0 Å². The van der Waals surface area contributed by atoms with Crippen LogP contribution >= 0.6 is 11.6 Å². The Bertz CT molecular complexity index is 666. The molecule has 0 bridgehead atoms. The first kappa shape index (κ1) is 15.4. The zero-order valence-electron chi connectivity index (χ0n) is 10.7. The van der Waals surface area contributed by atoms with Crippen LogP contribution in [0.4, 0.5) is 13.2 Å². The minimum absolute atomic E-state index is 0.195. The highest BCUT2D eigenvalue weighted by atomic mass is 35.5. The van der Waals surface area contributed by atoms with Crippen molar-refractivity contribution >= 4 is 17.5 Å². The fourth-order valence-corrected chi connectivity index (χ4v) is 2.22. The molecule has 1 amide bonds. The molecule has 0 saturated heterocycles. The van der Waals surface area contributed by atoms with Gasteiger partial charge in [0, 0.05) is 0 Å². The fourth-order valence-electron chi connectivity index (χ4n) is 1.94. The van der Waals surface area contributed by atoms with E-state index < -0.39 is 17.6 Å². The Labute approximate surface area is 124 Å². The quantitative estimate of drug-likeness (QED) is 0.912. The van der Waals surface area contributed by atoms with Crippen molar-refractivity contribution in [3.05, 3.63) is 69.7 Å². The van der Waals surface area contributed by atoms with Crippen molar-refractivity contribution in [3.8, 4) is 0 Å². The topological polar surface area (TPSA) is 43.1 Å². The van der Waals surface area contributed by atoms with E-state index in [0.29, 0.717) is 17.5 Å². The van der Waals surface area contributed by atoms with E-state index in [1.807, 2.05) is 0 Å². The molecule has 0 aliphatic carbocycles. The van der Waals surface area contributed by atoms with Crippen molar-refractivity contribution in [1.29, 1.82) is 0 Å². The van der Waals surface area contributed by atoms with Gasteiger partial charge in [-0.3, -0.25) is 4.79 Å². The molecule has 0 aliphatic rings. The van der Waals surface area contributed by atoms with E-state index in [2.05, 4.69) is 0 Å². The summed E-state index contributed by atoms with van der Waals surface area (Å²) in [5, 5.41) is 0.227. The van der Waals surface area contributed by atoms with Crippen LogP contribution in [0.3, 0.4) is 0 Å². The number of hydrogen-bond donors (Lipinski definition) is 1. The molecule has 0 atom stereocenters. The molecule has 2 aromatic carbocycles. The predicted octanol–water partition coefficient (Wildman–Crippen LogP) is 4.05. The largest absolute Gasteiger partial charge is 0.416 e. The Morgan fingerprint density at radius 3 is 2.24 bits per heavy atom. The number of hydrogen-bond acceptors (Lipinski definition) is 1. The minimum Gasteiger partial charge on any atom is -0.366 e. The smallest absolute Gasteiger partial charge is 0.366 e. The Balaban J connectivity index is 2.27. The van der Waals surface area contributed by atoms with Crippen LogP contribution in [-0.2, 0) is 12.6 Å². The molecule has 2 nitrogen and oxygen atoms in total. The summed E-state index contributed by atoms with van der Waals surface area (Å²) in [4.78, 5) is 11.2. The van der Waals surface area contributed by atoms with Gasteiger partial charge in [-0.25, -0.2) is 0 Å². The normalized spacial score (nSPS) is 11.4. The number of primary amides is 1. The van der Waals surface area contributed by atoms with Gasteiger partial charge in [0.25, 0.3) is 0 Å². The maximum absolute atomic E-state index is 12.5. The molecule has 21 heavy (non-hydrogen) atoms. The zero-order chi connectivity index (χ0) is 15.6. The Hall–Kier alpha value is -2.01. The van der Waals surface area contributed by atoms with E-state index >= 15 is 0 Å². The summed E-state index contributed by atoms with van der Waals surface area (Å²) in [6.07, 6.45) is -4.04. The van der Waals surface area contributed by atoms with Gasteiger partial charge in [0.15, 0.2) is 0 Å². The highest BCUT2D eigenvalue weighted by Gasteiger charge is 2.29. The molecule has 0 unspecified atom stereocenters. The van der Waals surface area contributed by atoms with Gasteiger partial charge >= 0.3 is 6.18 Å². The van der Waals surface area contributed by atoms with Gasteiger partial charge in [0.05, 0.1) is 16.1 Å². The maximum atomic E-state index is 12.5. The van der Waals surface area contributed by atoms with Crippen molar-refractivity contribution in [2.75, 3.05) is 0 Å². The molecule has 0 heterocycles. The second kappa shape index (κ2) is 5.77. The molecule has 0 radical (unpaired) electrons. The second-order valence-electron chi connectivity index (χ2n) is 4.51. The standard InChI is InChI=1S/C15H11ClF3NO/c16-13-10(2-1-3-12(13)14(20)21)8-9-4-6-11(7-5-9)15(17,18)19/h1-7H,8H2,(H2,20,21). The molecule has 0 saturated carbocycles. The van der Waals surface area contributed by atoms with Crippen molar-refractivity contribution in [1.82, 2.24) is 0 Å². The lowest BCUT2D eigenvalue weighted by Crippen LogP contribution is -2.12. The zero-order valence-corrected chi connectivity index (χ0v) is 11.5.